The molecule has 0 atom stereocenters. The van der Waals surface area contributed by atoms with E-state index in [1.165, 1.54) is 25.0 Å². The van der Waals surface area contributed by atoms with Gasteiger partial charge in [-0.1, -0.05) is 30.3 Å². The highest BCUT2D eigenvalue weighted by Crippen LogP contribution is 2.30. The molecule has 3 aromatic carbocycles. The monoisotopic (exact) mass is 571 g/mol. The minimum absolute atomic E-state index is 0.0230. The van der Waals surface area contributed by atoms with Gasteiger partial charge in [0, 0.05) is 12.6 Å². The first kappa shape index (κ1) is 29.3. The Bertz CT molecular complexity index is 1740. The number of nitrogens with one attached hydrogen (secondary N) is 2. The maximum Gasteiger partial charge on any atom is 0.347 e. The van der Waals surface area contributed by atoms with Crippen LogP contribution in [-0.4, -0.2) is 47.1 Å². The molecule has 0 saturated carbocycles. The number of benzene rings is 3. The molecule has 4 aromatic rings. The molecule has 1 heterocycles. The number of nitrogens with zero attached hydrogens (tertiary/aromatic N) is 3. The van der Waals surface area contributed by atoms with Crippen LogP contribution in [0.15, 0.2) is 82.7 Å². The summed E-state index contributed by atoms with van der Waals surface area (Å²) in [5.74, 6) is -2.00. The van der Waals surface area contributed by atoms with E-state index in [-0.39, 0.29) is 22.7 Å². The largest absolute Gasteiger partial charge is 0.496 e. The van der Waals surface area contributed by atoms with E-state index in [1.807, 2.05) is 6.07 Å². The molecule has 1 aromatic heterocycles. The maximum atomic E-state index is 13.0. The molecule has 2 amide bonds. The Morgan fingerprint density at radius 1 is 0.833 bits per heavy atom. The van der Waals surface area contributed by atoms with Gasteiger partial charge >= 0.3 is 17.8 Å². The topological polar surface area (TPSA) is 142 Å². The van der Waals surface area contributed by atoms with Crippen LogP contribution in [0, 0.1) is 6.92 Å². The second kappa shape index (κ2) is 12.7. The predicted molar refractivity (Wildman–Crippen MR) is 156 cm³/mol. The zero-order valence-electron chi connectivity index (χ0n) is 23.6. The molecule has 0 aliphatic rings. The van der Waals surface area contributed by atoms with E-state index in [9.17, 15) is 19.2 Å². The number of para-hydroxylation sites is 2. The molecule has 4 rings (SSSR count). The van der Waals surface area contributed by atoms with Gasteiger partial charge in [0.15, 0.2) is 11.5 Å². The fourth-order valence-corrected chi connectivity index (χ4v) is 4.08. The van der Waals surface area contributed by atoms with Crippen molar-refractivity contribution in [2.24, 2.45) is 12.1 Å². The summed E-state index contributed by atoms with van der Waals surface area (Å²) in [5.41, 5.74) is 3.85. The number of aromatic nitrogens is 2. The Hall–Kier alpha value is -5.65. The molecule has 2 N–H and O–H groups in total. The summed E-state index contributed by atoms with van der Waals surface area (Å²) in [6, 6.07) is 20.2. The summed E-state index contributed by atoms with van der Waals surface area (Å²) in [7, 11) is 4.54. The number of anilines is 1. The third-order valence-corrected chi connectivity index (χ3v) is 6.44. The van der Waals surface area contributed by atoms with E-state index in [4.69, 9.17) is 14.2 Å². The molecule has 0 radical (unpaired) electrons. The van der Waals surface area contributed by atoms with Gasteiger partial charge in [-0.05, 0) is 56.3 Å². The summed E-state index contributed by atoms with van der Waals surface area (Å²) in [5, 5.41) is 6.38. The Balaban J connectivity index is 1.45. The minimum atomic E-state index is -1.07. The molecule has 0 fully saturated rings. The van der Waals surface area contributed by atoms with Gasteiger partial charge in [0.25, 0.3) is 5.56 Å². The molecule has 12 nitrogen and oxygen atoms in total. The highest BCUT2D eigenvalue weighted by Gasteiger charge is 2.22. The van der Waals surface area contributed by atoms with Crippen molar-refractivity contribution in [2.45, 2.75) is 13.8 Å². The van der Waals surface area contributed by atoms with Gasteiger partial charge < -0.3 is 19.5 Å². The number of hydrazone groups is 1. The molecule has 12 heteroatoms. The second-order valence-electron chi connectivity index (χ2n) is 8.98. The number of carbonyl (C=O) groups excluding carboxylic acids is 3. The Morgan fingerprint density at radius 3 is 2.19 bits per heavy atom. The summed E-state index contributed by atoms with van der Waals surface area (Å²) >= 11 is 0. The zero-order chi connectivity index (χ0) is 30.4. The van der Waals surface area contributed by atoms with Gasteiger partial charge in [-0.2, -0.15) is 5.10 Å². The average Bonchev–Trinajstić information content (AvgIpc) is 3.22. The van der Waals surface area contributed by atoms with E-state index in [0.29, 0.717) is 28.4 Å². The number of esters is 1. The number of ether oxygens (including phenoxy) is 3. The van der Waals surface area contributed by atoms with Crippen LogP contribution in [0.3, 0.4) is 0 Å². The molecule has 0 aliphatic carbocycles. The van der Waals surface area contributed by atoms with E-state index in [2.05, 4.69) is 15.8 Å². The molecular formula is C30H29N5O7. The molecule has 0 unspecified atom stereocenters. The Kier molecular flexibility index (Phi) is 8.86. The number of rotatable bonds is 8. The second-order valence-corrected chi connectivity index (χ2v) is 8.98. The lowest BCUT2D eigenvalue weighted by Gasteiger charge is -2.12. The number of amides is 2. The fraction of sp³-hybridized carbons (Fsp3) is 0.167. The van der Waals surface area contributed by atoms with Gasteiger partial charge in [-0.25, -0.2) is 14.9 Å². The molecule has 0 spiro atoms. The SMILES string of the molecule is COc1cc(C(C)=NNC(=O)C(=O)Nc2c(C)n(C)n(-c3ccccc3)c2=O)ccc1OC(=O)c1ccccc1OC. The van der Waals surface area contributed by atoms with Crippen LogP contribution < -0.4 is 30.5 Å². The number of methoxy groups -OCH3 is 2. The molecule has 0 aliphatic heterocycles. The maximum absolute atomic E-state index is 13.0. The number of hydrogen-bond acceptors (Lipinski definition) is 8. The summed E-state index contributed by atoms with van der Waals surface area (Å²) in [6.07, 6.45) is 0. The smallest absolute Gasteiger partial charge is 0.347 e. The van der Waals surface area contributed by atoms with Crippen molar-refractivity contribution in [1.29, 1.82) is 0 Å². The van der Waals surface area contributed by atoms with Gasteiger partial charge in [0.05, 0.1) is 31.3 Å². The van der Waals surface area contributed by atoms with Crippen molar-refractivity contribution in [2.75, 3.05) is 19.5 Å². The minimum Gasteiger partial charge on any atom is -0.496 e. The fourth-order valence-electron chi connectivity index (χ4n) is 4.08. The normalized spacial score (nSPS) is 11.0. The van der Waals surface area contributed by atoms with Crippen LogP contribution in [-0.2, 0) is 16.6 Å². The first-order valence-electron chi connectivity index (χ1n) is 12.7. The van der Waals surface area contributed by atoms with E-state index in [1.54, 1.807) is 86.2 Å². The van der Waals surface area contributed by atoms with Crippen LogP contribution in [0.1, 0.15) is 28.5 Å². The zero-order valence-corrected chi connectivity index (χ0v) is 23.6. The highest BCUT2D eigenvalue weighted by molar-refractivity contribution is 6.39. The molecular weight excluding hydrogens is 542 g/mol. The average molecular weight is 572 g/mol. The predicted octanol–water partition coefficient (Wildman–Crippen LogP) is 3.20. The Labute approximate surface area is 241 Å². The van der Waals surface area contributed by atoms with Gasteiger partial charge in [-0.3, -0.25) is 19.1 Å². The van der Waals surface area contributed by atoms with Crippen molar-refractivity contribution in [3.8, 4) is 22.9 Å². The lowest BCUT2D eigenvalue weighted by molar-refractivity contribution is -0.136. The first-order valence-corrected chi connectivity index (χ1v) is 12.7. The first-order chi connectivity index (χ1) is 20.2. The van der Waals surface area contributed by atoms with Crippen molar-refractivity contribution in [3.63, 3.8) is 0 Å². The third kappa shape index (κ3) is 6.07. The van der Waals surface area contributed by atoms with E-state index < -0.39 is 23.3 Å². The van der Waals surface area contributed by atoms with Gasteiger partial charge in [-0.15, -0.1) is 0 Å². The molecule has 0 bridgehead atoms. The van der Waals surface area contributed by atoms with Crippen molar-refractivity contribution >= 4 is 29.2 Å². The van der Waals surface area contributed by atoms with Crippen molar-refractivity contribution in [1.82, 2.24) is 14.8 Å². The van der Waals surface area contributed by atoms with Crippen LogP contribution in [0.5, 0.6) is 17.2 Å². The summed E-state index contributed by atoms with van der Waals surface area (Å²) in [4.78, 5) is 50.8. The molecule has 42 heavy (non-hydrogen) atoms. The van der Waals surface area contributed by atoms with Crippen molar-refractivity contribution in [3.05, 3.63) is 100.0 Å². The molecule has 216 valence electrons. The number of carbonyl (C=O) groups is 3. The van der Waals surface area contributed by atoms with Crippen molar-refractivity contribution < 1.29 is 28.6 Å². The van der Waals surface area contributed by atoms with Gasteiger partial charge in [0.1, 0.15) is 17.0 Å². The van der Waals surface area contributed by atoms with Gasteiger partial charge in [0.2, 0.25) is 0 Å². The lowest BCUT2D eigenvalue weighted by Crippen LogP contribution is -2.34. The van der Waals surface area contributed by atoms with Crippen LogP contribution in [0.4, 0.5) is 5.69 Å². The quantitative estimate of drug-likeness (QED) is 0.109. The summed E-state index contributed by atoms with van der Waals surface area (Å²) in [6.45, 7) is 3.26. The third-order valence-electron chi connectivity index (χ3n) is 6.44. The van der Waals surface area contributed by atoms with Crippen LogP contribution in [0.25, 0.3) is 5.69 Å². The van der Waals surface area contributed by atoms with E-state index in [0.717, 1.165) is 0 Å². The van der Waals surface area contributed by atoms with Crippen LogP contribution >= 0.6 is 0 Å². The number of hydrogen-bond donors (Lipinski definition) is 2. The van der Waals surface area contributed by atoms with Crippen LogP contribution in [0.2, 0.25) is 0 Å². The Morgan fingerprint density at radius 2 is 1.50 bits per heavy atom. The van der Waals surface area contributed by atoms with E-state index >= 15 is 0 Å². The molecule has 0 saturated heterocycles. The summed E-state index contributed by atoms with van der Waals surface area (Å²) < 4.78 is 19.1. The highest BCUT2D eigenvalue weighted by atomic mass is 16.6. The standard InChI is InChI=1S/C30H29N5O7/c1-18(20-15-16-24(25(17-20)41-5)42-30(39)22-13-9-10-14-23(22)40-4)32-33-28(37)27(36)31-26-19(2)34(3)35(29(26)38)21-11-7-6-8-12-21/h6-17H,1-5H3,(H,31,36)(H,33,37). The lowest BCUT2D eigenvalue weighted by atomic mass is 10.1.